The molecule has 12 amide bonds. The Labute approximate surface area is 641 Å². The van der Waals surface area contributed by atoms with E-state index in [-0.39, 0.29) is 154 Å². The normalized spacial score (nSPS) is 31.6. The van der Waals surface area contributed by atoms with Crippen LogP contribution in [0.3, 0.4) is 0 Å². The number of halogens is 8. The fourth-order valence-electron chi connectivity index (χ4n) is 17.9. The van der Waals surface area contributed by atoms with Gasteiger partial charge < -0.3 is 64.8 Å². The molecule has 4 saturated carbocycles. The third-order valence-corrected chi connectivity index (χ3v) is 25.6. The zero-order chi connectivity index (χ0) is 80.3. The fourth-order valence-corrected chi connectivity index (χ4v) is 18.4. The Morgan fingerprint density at radius 2 is 1.27 bits per heavy atom. The van der Waals surface area contributed by atoms with Gasteiger partial charge in [0.25, 0.3) is 0 Å². The number of nitrogens with zero attached hydrogens (tertiary/aromatic N) is 9. The second kappa shape index (κ2) is 38.3. The van der Waals surface area contributed by atoms with E-state index < -0.39 is 210 Å². The van der Waals surface area contributed by atoms with Gasteiger partial charge >= 0.3 is 12.4 Å². The molecule has 8 rings (SSSR count). The first-order valence-electron chi connectivity index (χ1n) is 39.7. The van der Waals surface area contributed by atoms with Crippen LogP contribution in [-0.2, 0) is 62.3 Å². The van der Waals surface area contributed by atoms with E-state index in [1.54, 1.807) is 13.8 Å². The predicted octanol–water partition coefficient (Wildman–Crippen LogP) is 6.99. The molecule has 3 unspecified atom stereocenters. The Morgan fingerprint density at radius 3 is 1.84 bits per heavy atom. The van der Waals surface area contributed by atoms with Gasteiger partial charge in [0.2, 0.25) is 70.9 Å². The van der Waals surface area contributed by atoms with Crippen molar-refractivity contribution in [2.75, 3.05) is 94.4 Å². The summed E-state index contributed by atoms with van der Waals surface area (Å²) in [6, 6.07) is -12.2. The molecule has 8 aliphatic rings. The maximum absolute atomic E-state index is 15.8. The van der Waals surface area contributed by atoms with Gasteiger partial charge in [-0.25, -0.2) is 0 Å². The third-order valence-electron chi connectivity index (χ3n) is 25.1. The average molecular weight is 1580 g/mol. The molecule has 25 nitrogen and oxygen atoms in total. The molecule has 0 bridgehead atoms. The minimum atomic E-state index is -4.57. The number of hydrogen-bond acceptors (Lipinski definition) is 13. The van der Waals surface area contributed by atoms with E-state index in [4.69, 9.17) is 16.3 Å². The lowest BCUT2D eigenvalue weighted by Gasteiger charge is -2.46. The molecule has 3 N–H and O–H groups in total. The molecular formula is C76H118ClF7N12O13. The number of fused-ring (bicyclic) bond motifs is 2. The lowest BCUT2D eigenvalue weighted by molar-refractivity contribution is -0.184. The van der Waals surface area contributed by atoms with Crippen LogP contribution >= 0.6 is 11.6 Å². The highest BCUT2D eigenvalue weighted by atomic mass is 35.5. The maximum Gasteiger partial charge on any atom is 0.393 e. The Kier molecular flexibility index (Phi) is 30.9. The zero-order valence-electron chi connectivity index (χ0n) is 65.2. The Bertz CT molecular complexity index is 3220. The molecule has 4 aliphatic carbocycles. The van der Waals surface area contributed by atoms with Crippen LogP contribution in [0.15, 0.2) is 0 Å². The number of carbonyl (C=O) groups excluding carboxylic acids is 12. The van der Waals surface area contributed by atoms with Crippen molar-refractivity contribution >= 4 is 82.5 Å². The first-order chi connectivity index (χ1) is 51.3. The monoisotopic (exact) mass is 1570 g/mol. The van der Waals surface area contributed by atoms with Gasteiger partial charge in [-0.05, 0) is 159 Å². The summed E-state index contributed by atoms with van der Waals surface area (Å²) in [4.78, 5) is 194. The van der Waals surface area contributed by atoms with Crippen LogP contribution in [0.25, 0.3) is 0 Å². The van der Waals surface area contributed by atoms with Crippen molar-refractivity contribution < 1.29 is 93.0 Å². The highest BCUT2D eigenvalue weighted by Crippen LogP contribution is 2.45. The SMILES string of the molecule is CC[C@H](C)[C@@H]1NC(=O)[C@H](CC(C)C)N(C)C(=O)C[C@@H](C(=O)N2CCOCC2)N(C)C(=O)[C@H](C2CCCC2)N(C)C(=O)C2(CCCC2)NC(=O)[C@@H]2CCCN2C(=O)[C@H](CCC2CCC(C(F)(F)F)C(Cl)C2)NC(=O)CN(C)C(=O)[C@H](CC2CCC(C(F)(F)F)CC2)N(CCCF)C(=O)[C@@H]2CCN2C(=O)[C@H](C)N(C)C1=O. The molecule has 4 aliphatic heterocycles. The Balaban J connectivity index is 1.20. The molecule has 33 heteroatoms. The summed E-state index contributed by atoms with van der Waals surface area (Å²) in [6.07, 6.45) is -6.93. The standard InChI is InChI=1S/C76H118ClF7N12O13/c1-11-46(4)62-71(106)89(7)47(5)66(101)96-35-29-56(96)70(105)95(34-17-32-78)59(42-49-21-25-51(26-22-49)75(79,80)81)68(103)88(6)44-60(97)85-54(28-24-48-23-27-52(53(77)41-48)76(82,83)84)67(102)94-33-16-20-55(94)65(100)87-74(30-14-15-31-74)73(108)92(10)63(50-18-12-13-19-50)72(107)91(9)58(69(104)93-36-38-109-39-37-93)43-61(98)90(8)57(40-45(2)3)64(99)86-62/h45-59,62-63H,11-44H2,1-10H3,(H,85,97)(H,86,99)(H,87,100)/t46-,47-,48?,49?,51?,52?,53?,54-,55-,56-,57-,58-,59-,62-,63-/m0/s1. The summed E-state index contributed by atoms with van der Waals surface area (Å²) < 4.78 is 105. The first kappa shape index (κ1) is 88.0. The molecule has 109 heavy (non-hydrogen) atoms. The van der Waals surface area contributed by atoms with Crippen molar-refractivity contribution in [2.45, 2.75) is 273 Å². The van der Waals surface area contributed by atoms with Crippen molar-refractivity contribution in [3.05, 3.63) is 0 Å². The van der Waals surface area contributed by atoms with Crippen LogP contribution in [0.2, 0.25) is 0 Å². The molecule has 8 fully saturated rings. The summed E-state index contributed by atoms with van der Waals surface area (Å²) >= 11 is 6.41. The smallest absolute Gasteiger partial charge is 0.378 e. The Morgan fingerprint density at radius 1 is 0.633 bits per heavy atom. The largest absolute Gasteiger partial charge is 0.393 e. The van der Waals surface area contributed by atoms with Gasteiger partial charge in [-0.3, -0.25) is 61.9 Å². The van der Waals surface area contributed by atoms with Gasteiger partial charge in [0, 0.05) is 73.3 Å². The topological polar surface area (TPSA) is 279 Å². The van der Waals surface area contributed by atoms with Gasteiger partial charge in [-0.15, -0.1) is 11.6 Å². The van der Waals surface area contributed by atoms with E-state index in [9.17, 15) is 40.3 Å². The zero-order valence-corrected chi connectivity index (χ0v) is 66.0. The molecule has 0 aromatic rings. The number of nitrogens with one attached hydrogen (secondary N) is 3. The fraction of sp³-hybridized carbons (Fsp3) is 0.842. The highest BCUT2D eigenvalue weighted by molar-refractivity contribution is 6.21. The molecule has 0 aromatic carbocycles. The van der Waals surface area contributed by atoms with Crippen molar-refractivity contribution in [3.8, 4) is 0 Å². The predicted molar refractivity (Wildman–Crippen MR) is 388 cm³/mol. The van der Waals surface area contributed by atoms with Gasteiger partial charge in [0.15, 0.2) is 0 Å². The molecule has 616 valence electrons. The Hall–Kier alpha value is -6.60. The summed E-state index contributed by atoms with van der Waals surface area (Å²) in [5.74, 6) is -14.6. The summed E-state index contributed by atoms with van der Waals surface area (Å²) in [7, 11) is 6.85. The van der Waals surface area contributed by atoms with Gasteiger partial charge in [-0.1, -0.05) is 59.8 Å². The number of morpholine rings is 1. The van der Waals surface area contributed by atoms with Crippen LogP contribution in [0, 0.1) is 41.4 Å². The number of carbonyl (C=O) groups is 12. The van der Waals surface area contributed by atoms with Crippen LogP contribution in [0.1, 0.15) is 195 Å². The first-order valence-corrected chi connectivity index (χ1v) is 40.1. The minimum Gasteiger partial charge on any atom is -0.378 e. The van der Waals surface area contributed by atoms with Crippen molar-refractivity contribution in [3.63, 3.8) is 0 Å². The number of amides is 12. The molecule has 4 saturated heterocycles. The second-order valence-corrected chi connectivity index (χ2v) is 33.3. The number of hydrogen-bond donors (Lipinski definition) is 3. The lowest BCUT2D eigenvalue weighted by atomic mass is 9.78. The summed E-state index contributed by atoms with van der Waals surface area (Å²) in [5, 5.41) is 7.38. The molecule has 0 radical (unpaired) electrons. The van der Waals surface area contributed by atoms with Crippen LogP contribution in [0.5, 0.6) is 0 Å². The summed E-state index contributed by atoms with van der Waals surface area (Å²) in [6.45, 7) is 6.89. The van der Waals surface area contributed by atoms with Crippen LogP contribution < -0.4 is 16.0 Å². The number of alkyl halides is 8. The third kappa shape index (κ3) is 21.2. The molecule has 0 aromatic heterocycles. The lowest BCUT2D eigenvalue weighted by Crippen LogP contribution is -2.65. The van der Waals surface area contributed by atoms with Crippen LogP contribution in [-0.4, -0.2) is 287 Å². The van der Waals surface area contributed by atoms with Crippen molar-refractivity contribution in [1.82, 2.24) is 60.0 Å². The van der Waals surface area contributed by atoms with E-state index in [2.05, 4.69) is 16.0 Å². The van der Waals surface area contributed by atoms with Gasteiger partial charge in [0.1, 0.15) is 59.9 Å². The second-order valence-electron chi connectivity index (χ2n) is 32.8. The van der Waals surface area contributed by atoms with E-state index in [1.807, 2.05) is 13.8 Å². The molecular weight excluding hydrogens is 1460 g/mol. The van der Waals surface area contributed by atoms with Crippen molar-refractivity contribution in [1.29, 1.82) is 0 Å². The van der Waals surface area contributed by atoms with E-state index in [0.29, 0.717) is 44.9 Å². The quantitative estimate of drug-likeness (QED) is 0.117. The maximum atomic E-state index is 15.8. The highest BCUT2D eigenvalue weighted by Gasteiger charge is 2.54. The van der Waals surface area contributed by atoms with E-state index in [1.165, 1.54) is 71.6 Å². The number of rotatable bonds is 14. The van der Waals surface area contributed by atoms with Crippen molar-refractivity contribution in [2.24, 2.45) is 41.4 Å². The van der Waals surface area contributed by atoms with Crippen LogP contribution in [0.4, 0.5) is 30.7 Å². The molecule has 13 atom stereocenters. The van der Waals surface area contributed by atoms with E-state index >= 15 is 47.9 Å². The van der Waals surface area contributed by atoms with E-state index in [0.717, 1.165) is 14.7 Å². The number of likely N-dealkylation sites (N-methyl/N-ethyl adjacent to an activating group) is 5. The van der Waals surface area contributed by atoms with Gasteiger partial charge in [0.05, 0.1) is 44.7 Å². The average Bonchev–Trinajstić information content (AvgIpc) is 1.71. The minimum absolute atomic E-state index is 0.0193. The molecule has 4 heterocycles. The number of ether oxygens (including phenoxy) is 1. The molecule has 1 spiro atoms. The summed E-state index contributed by atoms with van der Waals surface area (Å²) in [5.41, 5.74) is -1.63. The van der Waals surface area contributed by atoms with Gasteiger partial charge in [-0.2, -0.15) is 26.3 Å².